The number of rotatable bonds is 3. The van der Waals surface area contributed by atoms with Crippen molar-refractivity contribution in [2.75, 3.05) is 6.54 Å². The lowest BCUT2D eigenvalue weighted by Crippen LogP contribution is -2.33. The van der Waals surface area contributed by atoms with Gasteiger partial charge in [0.1, 0.15) is 0 Å². The summed E-state index contributed by atoms with van der Waals surface area (Å²) < 4.78 is 6.08. The fourth-order valence-electron chi connectivity index (χ4n) is 4.62. The molecule has 0 fully saturated rings. The normalized spacial score (nSPS) is 18.9. The quantitative estimate of drug-likeness (QED) is 0.630. The van der Waals surface area contributed by atoms with E-state index >= 15 is 0 Å². The van der Waals surface area contributed by atoms with Crippen molar-refractivity contribution in [3.8, 4) is 11.3 Å². The summed E-state index contributed by atoms with van der Waals surface area (Å²) in [5.41, 5.74) is 10.5. The van der Waals surface area contributed by atoms with Crippen molar-refractivity contribution in [2.45, 2.75) is 52.5 Å². The van der Waals surface area contributed by atoms with E-state index in [4.69, 9.17) is 9.72 Å². The number of pyridine rings is 1. The number of aromatic nitrogens is 1. The summed E-state index contributed by atoms with van der Waals surface area (Å²) in [5, 5.41) is 0. The molecule has 0 amide bonds. The van der Waals surface area contributed by atoms with Crippen LogP contribution in [0.25, 0.3) is 11.3 Å². The Kier molecular flexibility index (Phi) is 4.94. The molecule has 2 aliphatic heterocycles. The first-order valence-corrected chi connectivity index (χ1v) is 10.7. The zero-order valence-electron chi connectivity index (χ0n) is 17.3. The lowest BCUT2D eigenvalue weighted by molar-refractivity contribution is 0.0396. The Hall–Kier alpha value is -2.49. The number of benzene rings is 2. The SMILES string of the molecule is Cc1ccc(CN2CCc3nc(-c4ccccc4)c4c(c3C2)CO[C@@H](C)C4)cc1. The highest BCUT2D eigenvalue weighted by molar-refractivity contribution is 5.66. The van der Waals surface area contributed by atoms with E-state index in [0.717, 1.165) is 32.5 Å². The van der Waals surface area contributed by atoms with Crippen molar-refractivity contribution >= 4 is 0 Å². The third kappa shape index (κ3) is 3.73. The molecule has 1 aromatic heterocycles. The van der Waals surface area contributed by atoms with Gasteiger partial charge in [-0.15, -0.1) is 0 Å². The van der Waals surface area contributed by atoms with Crippen LogP contribution in [0, 0.1) is 6.92 Å². The van der Waals surface area contributed by atoms with Gasteiger partial charge in [0.05, 0.1) is 18.4 Å². The van der Waals surface area contributed by atoms with Crippen molar-refractivity contribution in [3.63, 3.8) is 0 Å². The monoisotopic (exact) mass is 384 g/mol. The van der Waals surface area contributed by atoms with Crippen LogP contribution >= 0.6 is 0 Å². The maximum absolute atomic E-state index is 6.08. The molecule has 0 unspecified atom stereocenters. The van der Waals surface area contributed by atoms with Crippen molar-refractivity contribution in [3.05, 3.63) is 88.1 Å². The number of ether oxygens (including phenoxy) is 1. The van der Waals surface area contributed by atoms with Gasteiger partial charge < -0.3 is 4.74 Å². The first-order valence-electron chi connectivity index (χ1n) is 10.7. The molecule has 0 aliphatic carbocycles. The minimum atomic E-state index is 0.247. The Morgan fingerprint density at radius 3 is 2.59 bits per heavy atom. The Balaban J connectivity index is 1.50. The molecule has 3 nitrogen and oxygen atoms in total. The van der Waals surface area contributed by atoms with Gasteiger partial charge in [-0.2, -0.15) is 0 Å². The van der Waals surface area contributed by atoms with Gasteiger partial charge in [-0.3, -0.25) is 9.88 Å². The third-order valence-electron chi connectivity index (χ3n) is 6.23. The molecule has 0 saturated heterocycles. The molecule has 0 bridgehead atoms. The van der Waals surface area contributed by atoms with E-state index in [0.29, 0.717) is 6.61 Å². The van der Waals surface area contributed by atoms with Gasteiger partial charge in [0, 0.05) is 43.7 Å². The summed E-state index contributed by atoms with van der Waals surface area (Å²) in [4.78, 5) is 7.75. The highest BCUT2D eigenvalue weighted by Crippen LogP contribution is 2.35. The molecule has 5 rings (SSSR count). The van der Waals surface area contributed by atoms with Crippen molar-refractivity contribution in [2.24, 2.45) is 0 Å². The van der Waals surface area contributed by atoms with Crippen LogP contribution in [-0.2, 0) is 37.3 Å². The van der Waals surface area contributed by atoms with Crippen LogP contribution in [0.15, 0.2) is 54.6 Å². The van der Waals surface area contributed by atoms with Crippen LogP contribution in [0.5, 0.6) is 0 Å². The second-order valence-electron chi connectivity index (χ2n) is 8.48. The maximum atomic E-state index is 6.08. The fraction of sp³-hybridized carbons (Fsp3) is 0.346. The average Bonchev–Trinajstić information content (AvgIpc) is 2.75. The minimum absolute atomic E-state index is 0.247. The molecule has 0 saturated carbocycles. The maximum Gasteiger partial charge on any atom is 0.0742 e. The van der Waals surface area contributed by atoms with Crippen LogP contribution in [0.2, 0.25) is 0 Å². The highest BCUT2D eigenvalue weighted by Gasteiger charge is 2.28. The first-order chi connectivity index (χ1) is 14.2. The summed E-state index contributed by atoms with van der Waals surface area (Å²) in [6, 6.07) is 19.6. The number of fused-ring (bicyclic) bond motifs is 3. The molecule has 2 aliphatic rings. The molecule has 0 radical (unpaired) electrons. The molecule has 0 spiro atoms. The van der Waals surface area contributed by atoms with Crippen molar-refractivity contribution in [1.29, 1.82) is 0 Å². The third-order valence-corrected chi connectivity index (χ3v) is 6.23. The average molecular weight is 385 g/mol. The molecule has 0 N–H and O–H groups in total. The minimum Gasteiger partial charge on any atom is -0.373 e. The Bertz CT molecular complexity index is 1010. The van der Waals surface area contributed by atoms with Gasteiger partial charge >= 0.3 is 0 Å². The van der Waals surface area contributed by atoms with Crippen LogP contribution in [0.3, 0.4) is 0 Å². The number of aryl methyl sites for hydroxylation is 1. The Labute approximate surface area is 173 Å². The van der Waals surface area contributed by atoms with Crippen LogP contribution < -0.4 is 0 Å². The van der Waals surface area contributed by atoms with Crippen LogP contribution in [-0.4, -0.2) is 22.5 Å². The topological polar surface area (TPSA) is 25.4 Å². The number of hydrogen-bond donors (Lipinski definition) is 0. The van der Waals surface area contributed by atoms with E-state index in [1.54, 1.807) is 0 Å². The van der Waals surface area contributed by atoms with Gasteiger partial charge in [0.25, 0.3) is 0 Å². The van der Waals surface area contributed by atoms with E-state index in [1.807, 2.05) is 0 Å². The Morgan fingerprint density at radius 1 is 1.00 bits per heavy atom. The van der Waals surface area contributed by atoms with Crippen LogP contribution in [0.1, 0.15) is 40.4 Å². The largest absolute Gasteiger partial charge is 0.373 e. The lowest BCUT2D eigenvalue weighted by Gasteiger charge is -2.34. The molecule has 1 atom stereocenters. The zero-order chi connectivity index (χ0) is 19.8. The zero-order valence-corrected chi connectivity index (χ0v) is 17.3. The van der Waals surface area contributed by atoms with Crippen molar-refractivity contribution < 1.29 is 4.74 Å². The van der Waals surface area contributed by atoms with Crippen LogP contribution in [0.4, 0.5) is 0 Å². The summed E-state index contributed by atoms with van der Waals surface area (Å²) in [7, 11) is 0. The summed E-state index contributed by atoms with van der Waals surface area (Å²) >= 11 is 0. The predicted octanol–water partition coefficient (Wildman–Crippen LogP) is 5.08. The Morgan fingerprint density at radius 2 is 1.79 bits per heavy atom. The van der Waals surface area contributed by atoms with E-state index in [1.165, 1.54) is 44.8 Å². The molecular weight excluding hydrogens is 356 g/mol. The summed E-state index contributed by atoms with van der Waals surface area (Å²) in [5.74, 6) is 0. The van der Waals surface area contributed by atoms with Gasteiger partial charge in [-0.25, -0.2) is 0 Å². The number of hydrogen-bond acceptors (Lipinski definition) is 3. The molecule has 3 heterocycles. The molecule has 29 heavy (non-hydrogen) atoms. The second kappa shape index (κ2) is 7.74. The lowest BCUT2D eigenvalue weighted by atomic mass is 9.88. The highest BCUT2D eigenvalue weighted by atomic mass is 16.5. The van der Waals surface area contributed by atoms with E-state index in [-0.39, 0.29) is 6.10 Å². The molecule has 148 valence electrons. The standard InChI is InChI=1S/C26H28N2O/c1-18-8-10-20(11-9-18)15-28-13-12-25-23(16-28)24-17-29-19(2)14-22(24)26(27-25)21-6-4-3-5-7-21/h3-11,19H,12-17H2,1-2H3/t19-/m0/s1. The number of nitrogens with zero attached hydrogens (tertiary/aromatic N) is 2. The summed E-state index contributed by atoms with van der Waals surface area (Å²) in [6.45, 7) is 8.03. The first kappa shape index (κ1) is 18.5. The molecule has 2 aromatic carbocycles. The van der Waals surface area contributed by atoms with E-state index < -0.39 is 0 Å². The smallest absolute Gasteiger partial charge is 0.0742 e. The van der Waals surface area contributed by atoms with Gasteiger partial charge in [-0.1, -0.05) is 60.2 Å². The fourth-order valence-corrected chi connectivity index (χ4v) is 4.62. The molecule has 3 heteroatoms. The van der Waals surface area contributed by atoms with Gasteiger partial charge in [0.15, 0.2) is 0 Å². The predicted molar refractivity (Wildman–Crippen MR) is 117 cm³/mol. The van der Waals surface area contributed by atoms with E-state index in [2.05, 4.69) is 73.3 Å². The second-order valence-corrected chi connectivity index (χ2v) is 8.48. The molecular formula is C26H28N2O. The van der Waals surface area contributed by atoms with Gasteiger partial charge in [-0.05, 0) is 36.1 Å². The molecule has 3 aromatic rings. The van der Waals surface area contributed by atoms with Crippen molar-refractivity contribution in [1.82, 2.24) is 9.88 Å². The van der Waals surface area contributed by atoms with Gasteiger partial charge in [0.2, 0.25) is 0 Å². The summed E-state index contributed by atoms with van der Waals surface area (Å²) in [6.07, 6.45) is 2.19. The van der Waals surface area contributed by atoms with E-state index in [9.17, 15) is 0 Å².